The number of nitrogens with one attached hydrogen (secondary N) is 1. The first-order valence-corrected chi connectivity index (χ1v) is 13.1. The van der Waals surface area contributed by atoms with E-state index in [2.05, 4.69) is 27.5 Å². The van der Waals surface area contributed by atoms with Gasteiger partial charge in [0.05, 0.1) is 15.9 Å². The fraction of sp³-hybridized carbons (Fsp3) is 0.103. The number of imidazole rings is 1. The zero-order valence-corrected chi connectivity index (χ0v) is 20.6. The number of Topliss-reactive ketones (excluding diaryl/α,β-unsaturated/α-hetero) is 1. The van der Waals surface area contributed by atoms with E-state index >= 15 is 0 Å². The van der Waals surface area contributed by atoms with Crippen molar-refractivity contribution in [1.82, 2.24) is 9.55 Å². The topological polar surface area (TPSA) is 81.1 Å². The lowest BCUT2D eigenvalue weighted by Gasteiger charge is -2.11. The molecule has 36 heavy (non-hydrogen) atoms. The number of nitrogens with zero attached hydrogens (tertiary/aromatic N) is 2. The number of fused-ring (bicyclic) bond motifs is 1. The lowest BCUT2D eigenvalue weighted by molar-refractivity contribution is 0.101. The summed E-state index contributed by atoms with van der Waals surface area (Å²) in [5, 5.41) is 0. The molecule has 0 atom stereocenters. The molecule has 0 bridgehead atoms. The summed E-state index contributed by atoms with van der Waals surface area (Å²) in [6.45, 7) is 1.45. The molecular weight excluding hydrogens is 470 g/mol. The van der Waals surface area contributed by atoms with Gasteiger partial charge < -0.3 is 0 Å². The van der Waals surface area contributed by atoms with Crippen LogP contribution >= 0.6 is 0 Å². The molecule has 1 heterocycles. The van der Waals surface area contributed by atoms with E-state index in [-0.39, 0.29) is 10.7 Å². The zero-order valence-electron chi connectivity index (χ0n) is 19.8. The van der Waals surface area contributed by atoms with E-state index < -0.39 is 10.0 Å². The first-order valence-electron chi connectivity index (χ1n) is 11.7. The van der Waals surface area contributed by atoms with Crippen molar-refractivity contribution in [2.75, 3.05) is 4.72 Å². The van der Waals surface area contributed by atoms with Crippen LogP contribution in [0.15, 0.2) is 108 Å². The van der Waals surface area contributed by atoms with Crippen LogP contribution in [0.1, 0.15) is 28.7 Å². The van der Waals surface area contributed by atoms with Crippen LogP contribution in [0.3, 0.4) is 0 Å². The van der Waals surface area contributed by atoms with E-state index in [1.165, 1.54) is 31.2 Å². The van der Waals surface area contributed by atoms with Gasteiger partial charge in [0.25, 0.3) is 10.0 Å². The van der Waals surface area contributed by atoms with Crippen LogP contribution < -0.4 is 4.72 Å². The molecule has 7 heteroatoms. The van der Waals surface area contributed by atoms with Crippen LogP contribution in [0.4, 0.5) is 5.69 Å². The summed E-state index contributed by atoms with van der Waals surface area (Å²) in [6.07, 6.45) is 1.49. The Morgan fingerprint density at radius 2 is 1.47 bits per heavy atom. The van der Waals surface area contributed by atoms with E-state index in [0.29, 0.717) is 11.3 Å². The molecule has 0 amide bonds. The van der Waals surface area contributed by atoms with Gasteiger partial charge in [-0.05, 0) is 67.4 Å². The molecular formula is C29H25N3O3S. The molecule has 0 aliphatic carbocycles. The van der Waals surface area contributed by atoms with E-state index in [4.69, 9.17) is 4.98 Å². The maximum Gasteiger partial charge on any atom is 0.261 e. The molecule has 1 N–H and O–H groups in total. The van der Waals surface area contributed by atoms with Gasteiger partial charge in [0.15, 0.2) is 5.78 Å². The molecule has 5 rings (SSSR count). The molecule has 6 nitrogen and oxygen atoms in total. The smallest absolute Gasteiger partial charge is 0.261 e. The predicted molar refractivity (Wildman–Crippen MR) is 142 cm³/mol. The van der Waals surface area contributed by atoms with Crippen LogP contribution in [0.2, 0.25) is 0 Å². The summed E-state index contributed by atoms with van der Waals surface area (Å²) in [6, 6.07) is 31.6. The molecule has 1 aromatic heterocycles. The highest BCUT2D eigenvalue weighted by Crippen LogP contribution is 2.23. The quantitative estimate of drug-likeness (QED) is 0.275. The van der Waals surface area contributed by atoms with E-state index in [9.17, 15) is 13.2 Å². The summed E-state index contributed by atoms with van der Waals surface area (Å²) in [5.41, 5.74) is 5.12. The van der Waals surface area contributed by atoms with Crippen molar-refractivity contribution in [2.24, 2.45) is 0 Å². The number of sulfonamides is 1. The van der Waals surface area contributed by atoms with Crippen molar-refractivity contribution in [2.45, 2.75) is 24.7 Å². The van der Waals surface area contributed by atoms with Gasteiger partial charge in [-0.15, -0.1) is 0 Å². The third kappa shape index (κ3) is 4.92. The lowest BCUT2D eigenvalue weighted by Crippen LogP contribution is -2.13. The minimum Gasteiger partial charge on any atom is -0.296 e. The van der Waals surface area contributed by atoms with Crippen molar-refractivity contribution < 1.29 is 13.2 Å². The van der Waals surface area contributed by atoms with Crippen molar-refractivity contribution >= 4 is 32.5 Å². The predicted octanol–water partition coefficient (Wildman–Crippen LogP) is 5.81. The fourth-order valence-corrected chi connectivity index (χ4v) is 5.25. The minimum atomic E-state index is -3.75. The van der Waals surface area contributed by atoms with Gasteiger partial charge in [0.2, 0.25) is 0 Å². The van der Waals surface area contributed by atoms with E-state index in [0.717, 1.165) is 41.0 Å². The number of carbonyl (C=O) groups is 1. The second kappa shape index (κ2) is 9.79. The molecule has 0 aliphatic rings. The summed E-state index contributed by atoms with van der Waals surface area (Å²) in [7, 11) is -3.75. The van der Waals surface area contributed by atoms with Gasteiger partial charge in [-0.1, -0.05) is 54.6 Å². The Balaban J connectivity index is 1.31. The number of benzene rings is 4. The highest BCUT2D eigenvalue weighted by molar-refractivity contribution is 7.92. The van der Waals surface area contributed by atoms with Crippen LogP contribution in [0.25, 0.3) is 16.7 Å². The van der Waals surface area contributed by atoms with Gasteiger partial charge in [0, 0.05) is 23.4 Å². The van der Waals surface area contributed by atoms with Gasteiger partial charge in [-0.3, -0.25) is 14.1 Å². The molecule has 4 aromatic carbocycles. The molecule has 0 radical (unpaired) electrons. The second-order valence-electron chi connectivity index (χ2n) is 8.57. The molecule has 5 aromatic rings. The van der Waals surface area contributed by atoms with Gasteiger partial charge in [0.1, 0.15) is 5.82 Å². The SMILES string of the molecule is CC(=O)c1ccc(S(=O)(=O)Nc2ccc(CCc3nc4ccccc4n3-c3ccccc3)cc2)cc1. The maximum absolute atomic E-state index is 12.7. The van der Waals surface area contributed by atoms with Gasteiger partial charge in [-0.2, -0.15) is 0 Å². The highest BCUT2D eigenvalue weighted by Gasteiger charge is 2.15. The summed E-state index contributed by atoms with van der Waals surface area (Å²) >= 11 is 0. The third-order valence-electron chi connectivity index (χ3n) is 6.06. The molecule has 0 aliphatic heterocycles. The largest absolute Gasteiger partial charge is 0.296 e. The van der Waals surface area contributed by atoms with Crippen LogP contribution in [0.5, 0.6) is 0 Å². The Morgan fingerprint density at radius 1 is 0.806 bits per heavy atom. The van der Waals surface area contributed by atoms with E-state index in [1.807, 2.05) is 48.5 Å². The minimum absolute atomic E-state index is 0.108. The number of aryl methyl sites for hydroxylation is 2. The van der Waals surface area contributed by atoms with Gasteiger partial charge in [-0.25, -0.2) is 13.4 Å². The van der Waals surface area contributed by atoms with Crippen molar-refractivity contribution in [3.8, 4) is 5.69 Å². The monoisotopic (exact) mass is 495 g/mol. The van der Waals surface area contributed by atoms with Crippen LogP contribution in [-0.2, 0) is 22.9 Å². The Hall–Kier alpha value is -4.23. The Morgan fingerprint density at radius 3 is 2.17 bits per heavy atom. The average Bonchev–Trinajstić information content (AvgIpc) is 3.27. The second-order valence-corrected chi connectivity index (χ2v) is 10.3. The number of aromatic nitrogens is 2. The molecule has 0 unspecified atom stereocenters. The molecule has 180 valence electrons. The van der Waals surface area contributed by atoms with Crippen molar-refractivity contribution in [3.05, 3.63) is 120 Å². The summed E-state index contributed by atoms with van der Waals surface area (Å²) in [5.74, 6) is 0.864. The summed E-state index contributed by atoms with van der Waals surface area (Å²) < 4.78 is 30.3. The zero-order chi connectivity index (χ0) is 25.1. The highest BCUT2D eigenvalue weighted by atomic mass is 32.2. The number of rotatable bonds is 8. The van der Waals surface area contributed by atoms with Crippen molar-refractivity contribution in [1.29, 1.82) is 0 Å². The number of hydrogen-bond donors (Lipinski definition) is 1. The molecule has 0 saturated carbocycles. The number of para-hydroxylation sites is 3. The molecule has 0 fully saturated rings. The Kier molecular flexibility index (Phi) is 6.40. The number of anilines is 1. The number of carbonyl (C=O) groups excluding carboxylic acids is 1. The van der Waals surface area contributed by atoms with Gasteiger partial charge >= 0.3 is 0 Å². The first kappa shape index (κ1) is 23.5. The summed E-state index contributed by atoms with van der Waals surface area (Å²) in [4.78, 5) is 16.4. The Labute approximate surface area is 210 Å². The average molecular weight is 496 g/mol. The van der Waals surface area contributed by atoms with E-state index in [1.54, 1.807) is 12.1 Å². The number of hydrogen-bond acceptors (Lipinski definition) is 4. The number of ketones is 1. The fourth-order valence-electron chi connectivity index (χ4n) is 4.19. The lowest BCUT2D eigenvalue weighted by atomic mass is 10.1. The molecule has 0 spiro atoms. The standard InChI is InChI=1S/C29H25N3O3S/c1-21(33)23-14-18-26(19-15-23)36(34,35)31-24-16-11-22(12-17-24)13-20-29-30-27-9-5-6-10-28(27)32(29)25-7-3-2-4-8-25/h2-12,14-19,31H,13,20H2,1H3. The Bertz CT molecular complexity index is 1620. The van der Waals surface area contributed by atoms with Crippen LogP contribution in [0, 0.1) is 0 Å². The third-order valence-corrected chi connectivity index (χ3v) is 7.46. The first-order chi connectivity index (χ1) is 17.4. The normalized spacial score (nSPS) is 11.5. The maximum atomic E-state index is 12.7. The van der Waals surface area contributed by atoms with Crippen LogP contribution in [-0.4, -0.2) is 23.8 Å². The van der Waals surface area contributed by atoms with Crippen molar-refractivity contribution in [3.63, 3.8) is 0 Å². The molecule has 0 saturated heterocycles.